The van der Waals surface area contributed by atoms with Crippen LogP contribution in [0.1, 0.15) is 316 Å². The van der Waals surface area contributed by atoms with Gasteiger partial charge in [0.1, 0.15) is 24.4 Å². The van der Waals surface area contributed by atoms with E-state index in [4.69, 9.17) is 14.2 Å². The Bertz CT molecular complexity index is 1490. The number of esters is 1. The zero-order valence-corrected chi connectivity index (χ0v) is 52.0. The third-order valence-electron chi connectivity index (χ3n) is 16.0. The lowest BCUT2D eigenvalue weighted by molar-refractivity contribution is -0.305. The molecule has 0 radical (unpaired) electrons. The predicted octanol–water partition coefficient (Wildman–Crippen LogP) is 16.8. The van der Waals surface area contributed by atoms with Crippen molar-refractivity contribution in [3.05, 3.63) is 48.6 Å². The summed E-state index contributed by atoms with van der Waals surface area (Å²) >= 11 is 0. The molecule has 1 saturated heterocycles. The molecule has 0 bridgehead atoms. The Balaban J connectivity index is 2.56. The molecule has 1 fully saturated rings. The van der Waals surface area contributed by atoms with Crippen LogP contribution in [0, 0.1) is 0 Å². The topological polar surface area (TPSA) is 175 Å². The molecule has 80 heavy (non-hydrogen) atoms. The summed E-state index contributed by atoms with van der Waals surface area (Å²) in [7, 11) is 0. The second-order valence-corrected chi connectivity index (χ2v) is 23.6. The minimum Gasteiger partial charge on any atom is -0.454 e. The first-order valence-corrected chi connectivity index (χ1v) is 33.9. The Hall–Kier alpha value is -2.38. The van der Waals surface area contributed by atoms with E-state index in [2.05, 4.69) is 62.5 Å². The molecular weight excluding hydrogens is 1000 g/mol. The monoisotopic (exact) mass is 1130 g/mol. The first-order chi connectivity index (χ1) is 39.2. The quantitative estimate of drug-likeness (QED) is 0.0195. The summed E-state index contributed by atoms with van der Waals surface area (Å²) in [5.74, 6) is -1.19. The molecule has 6 N–H and O–H groups in total. The lowest BCUT2D eigenvalue weighted by atomic mass is 9.99. The van der Waals surface area contributed by atoms with Gasteiger partial charge in [0.25, 0.3) is 0 Å². The number of ether oxygens (including phenoxy) is 3. The number of unbranched alkanes of at least 4 members (excludes halogenated alkanes) is 38. The molecule has 8 unspecified atom stereocenters. The number of carbonyl (C=O) groups excluding carboxylic acids is 2. The van der Waals surface area contributed by atoms with Crippen molar-refractivity contribution in [3.8, 4) is 0 Å². The van der Waals surface area contributed by atoms with Gasteiger partial charge >= 0.3 is 5.97 Å². The molecule has 8 atom stereocenters. The lowest BCUT2D eigenvalue weighted by Crippen LogP contribution is -2.61. The largest absolute Gasteiger partial charge is 0.454 e. The summed E-state index contributed by atoms with van der Waals surface area (Å²) in [6, 6.07) is -1.02. The number of aliphatic hydroxyl groups is 5. The van der Waals surface area contributed by atoms with E-state index < -0.39 is 67.4 Å². The molecule has 11 heteroatoms. The highest BCUT2D eigenvalue weighted by Gasteiger charge is 2.47. The van der Waals surface area contributed by atoms with Gasteiger partial charge in [0, 0.05) is 6.42 Å². The summed E-state index contributed by atoms with van der Waals surface area (Å²) in [5.41, 5.74) is 0. The first kappa shape index (κ1) is 75.6. The zero-order valence-electron chi connectivity index (χ0n) is 52.0. The Morgan fingerprint density at radius 3 is 1.32 bits per heavy atom. The van der Waals surface area contributed by atoms with E-state index in [0.717, 1.165) is 77.0 Å². The number of hydrogen-bond donors (Lipinski definition) is 6. The molecule has 1 aliphatic rings. The van der Waals surface area contributed by atoms with E-state index in [1.807, 2.05) is 6.08 Å². The maximum Gasteiger partial charge on any atom is 0.306 e. The average molecular weight is 1130 g/mol. The number of allylic oxidation sites excluding steroid dienone is 7. The van der Waals surface area contributed by atoms with Gasteiger partial charge in [0.15, 0.2) is 12.4 Å². The van der Waals surface area contributed by atoms with Crippen LogP contribution in [0.3, 0.4) is 0 Å². The van der Waals surface area contributed by atoms with Gasteiger partial charge in [0.2, 0.25) is 5.91 Å². The van der Waals surface area contributed by atoms with Crippen molar-refractivity contribution in [3.63, 3.8) is 0 Å². The fraction of sp³-hybridized carbons (Fsp3) is 0.855. The maximum atomic E-state index is 13.4. The molecule has 0 aliphatic carbocycles. The molecule has 468 valence electrons. The standard InChI is InChI=1S/C69H127NO10/c1-4-7-10-13-16-19-22-25-27-28-29-30-31-32-33-34-35-36-37-39-42-45-48-51-54-57-64(74)80-67-66(76)65(75)63(58-71)79-69(67)78-59-60(61(72)55-52-49-46-43-40-24-21-18-15-12-9-6-3)70-68(77)62(73)56-53-50-47-44-41-38-26-23-20-17-14-11-8-5-2/h16,19-20,23,25,27,52,55,60-63,65-67,69,71-73,75-76H,4-15,17-18,21-22,24,26,28-51,53-54,56-59H2,1-3H3,(H,70,77)/b19-16-,23-20-,27-25-,55-52+. The third kappa shape index (κ3) is 44.2. The van der Waals surface area contributed by atoms with Crippen molar-refractivity contribution in [2.75, 3.05) is 13.2 Å². The van der Waals surface area contributed by atoms with Crippen molar-refractivity contribution in [2.24, 2.45) is 0 Å². The van der Waals surface area contributed by atoms with Crippen LogP contribution < -0.4 is 5.32 Å². The van der Waals surface area contributed by atoms with Crippen molar-refractivity contribution in [1.82, 2.24) is 5.32 Å². The van der Waals surface area contributed by atoms with Crippen LogP contribution in [-0.2, 0) is 23.8 Å². The fourth-order valence-corrected chi connectivity index (χ4v) is 10.6. The van der Waals surface area contributed by atoms with Crippen molar-refractivity contribution in [2.45, 2.75) is 365 Å². The van der Waals surface area contributed by atoms with Crippen LogP contribution in [0.25, 0.3) is 0 Å². The van der Waals surface area contributed by atoms with Crippen LogP contribution in [0.5, 0.6) is 0 Å². The van der Waals surface area contributed by atoms with E-state index in [9.17, 15) is 35.1 Å². The highest BCUT2D eigenvalue weighted by atomic mass is 16.7. The normalized spacial score (nSPS) is 19.0. The summed E-state index contributed by atoms with van der Waals surface area (Å²) in [4.78, 5) is 26.6. The second-order valence-electron chi connectivity index (χ2n) is 23.6. The van der Waals surface area contributed by atoms with Gasteiger partial charge in [-0.3, -0.25) is 9.59 Å². The maximum absolute atomic E-state index is 13.4. The second kappa shape index (κ2) is 57.1. The minimum absolute atomic E-state index is 0.125. The molecule has 0 aromatic carbocycles. The number of hydrogen-bond acceptors (Lipinski definition) is 10. The Kier molecular flexibility index (Phi) is 54.0. The first-order valence-electron chi connectivity index (χ1n) is 33.9. The number of amides is 1. The zero-order chi connectivity index (χ0) is 58.2. The Morgan fingerprint density at radius 1 is 0.487 bits per heavy atom. The van der Waals surface area contributed by atoms with Gasteiger partial charge < -0.3 is 45.1 Å². The van der Waals surface area contributed by atoms with Crippen LogP contribution in [0.2, 0.25) is 0 Å². The molecule has 11 nitrogen and oxygen atoms in total. The third-order valence-corrected chi connectivity index (χ3v) is 16.0. The van der Waals surface area contributed by atoms with Crippen molar-refractivity contribution >= 4 is 11.9 Å². The molecule has 0 spiro atoms. The molecule has 1 aliphatic heterocycles. The van der Waals surface area contributed by atoms with Gasteiger partial charge in [-0.2, -0.15) is 0 Å². The van der Waals surface area contributed by atoms with E-state index in [-0.39, 0.29) is 19.4 Å². The van der Waals surface area contributed by atoms with E-state index in [1.165, 1.54) is 193 Å². The number of rotatable bonds is 58. The molecule has 0 aromatic rings. The van der Waals surface area contributed by atoms with Gasteiger partial charge in [0.05, 0.1) is 25.4 Å². The van der Waals surface area contributed by atoms with Crippen LogP contribution in [0.4, 0.5) is 0 Å². The SMILES string of the molecule is CCCCC/C=C\C/C=C\CCCCCCCCCCCCCCCCCC(=O)OC1C(OCC(NC(=O)C(O)CCCCCCCC/C=C\CCCCCC)C(O)/C=C/CCCCCCCCCCCC)OC(CO)C(O)C1O. The molecule has 1 amide bonds. The molecule has 0 aromatic heterocycles. The van der Waals surface area contributed by atoms with E-state index in [1.54, 1.807) is 6.08 Å². The molecular formula is C69H127NO10. The molecule has 1 heterocycles. The summed E-state index contributed by atoms with van der Waals surface area (Å²) in [5, 5.41) is 57.1. The summed E-state index contributed by atoms with van der Waals surface area (Å²) in [6.45, 7) is 5.77. The molecule has 1 rings (SSSR count). The lowest BCUT2D eigenvalue weighted by Gasteiger charge is -2.41. The average Bonchev–Trinajstić information content (AvgIpc) is 3.46. The van der Waals surface area contributed by atoms with Gasteiger partial charge in [-0.05, 0) is 83.5 Å². The van der Waals surface area contributed by atoms with Gasteiger partial charge in [-0.1, -0.05) is 275 Å². The smallest absolute Gasteiger partial charge is 0.306 e. The Labute approximate surface area is 491 Å². The highest BCUT2D eigenvalue weighted by Crippen LogP contribution is 2.26. The fourth-order valence-electron chi connectivity index (χ4n) is 10.6. The minimum atomic E-state index is -1.61. The van der Waals surface area contributed by atoms with E-state index in [0.29, 0.717) is 12.8 Å². The summed E-state index contributed by atoms with van der Waals surface area (Å²) in [6.07, 6.45) is 60.1. The van der Waals surface area contributed by atoms with Gasteiger partial charge in [-0.25, -0.2) is 0 Å². The number of aliphatic hydroxyl groups excluding tert-OH is 5. The predicted molar refractivity (Wildman–Crippen MR) is 334 cm³/mol. The Morgan fingerprint density at radius 2 is 0.863 bits per heavy atom. The van der Waals surface area contributed by atoms with Crippen LogP contribution in [0.15, 0.2) is 48.6 Å². The van der Waals surface area contributed by atoms with Crippen molar-refractivity contribution < 1.29 is 49.3 Å². The number of nitrogens with one attached hydrogen (secondary N) is 1. The van der Waals surface area contributed by atoms with Crippen molar-refractivity contribution in [1.29, 1.82) is 0 Å². The number of carbonyl (C=O) groups is 2. The van der Waals surface area contributed by atoms with Crippen LogP contribution >= 0.6 is 0 Å². The summed E-state index contributed by atoms with van der Waals surface area (Å²) < 4.78 is 17.7. The highest BCUT2D eigenvalue weighted by molar-refractivity contribution is 5.80. The van der Waals surface area contributed by atoms with Gasteiger partial charge in [-0.15, -0.1) is 0 Å². The van der Waals surface area contributed by atoms with Crippen LogP contribution in [-0.4, -0.2) is 99.6 Å². The van der Waals surface area contributed by atoms with E-state index >= 15 is 0 Å². The molecule has 0 saturated carbocycles.